The molecule has 2 aromatic rings. The first-order chi connectivity index (χ1) is 9.94. The second kappa shape index (κ2) is 6.65. The van der Waals surface area contributed by atoms with E-state index in [-0.39, 0.29) is 11.6 Å². The van der Waals surface area contributed by atoms with Crippen molar-refractivity contribution in [1.29, 1.82) is 0 Å². The molecule has 3 N–H and O–H groups in total. The highest BCUT2D eigenvalue weighted by Crippen LogP contribution is 2.17. The molecule has 2 rings (SSSR count). The topological polar surface area (TPSA) is 99.8 Å². The number of nitrogens with one attached hydrogen (secondary N) is 3. The van der Waals surface area contributed by atoms with Gasteiger partial charge in [0.15, 0.2) is 5.03 Å². The van der Waals surface area contributed by atoms with Gasteiger partial charge >= 0.3 is 0 Å². The van der Waals surface area contributed by atoms with Crippen molar-refractivity contribution >= 4 is 21.4 Å². The molecule has 0 radical (unpaired) electrons. The summed E-state index contributed by atoms with van der Waals surface area (Å²) in [6.45, 7) is 7.05. The lowest BCUT2D eigenvalue weighted by Crippen LogP contribution is -2.25. The Bertz CT molecular complexity index is 705. The van der Waals surface area contributed by atoms with E-state index in [1.807, 2.05) is 26.2 Å². The molecule has 9 heteroatoms. The highest BCUT2D eigenvalue weighted by molar-refractivity contribution is 7.89. The van der Waals surface area contributed by atoms with Crippen LogP contribution in [0.15, 0.2) is 10.4 Å². The van der Waals surface area contributed by atoms with Crippen LogP contribution < -0.4 is 10.0 Å². The van der Waals surface area contributed by atoms with Crippen LogP contribution in [0.25, 0.3) is 0 Å². The van der Waals surface area contributed by atoms with Gasteiger partial charge in [-0.25, -0.2) is 18.1 Å². The van der Waals surface area contributed by atoms with Crippen molar-refractivity contribution in [3.63, 3.8) is 0 Å². The Labute approximate surface area is 128 Å². The number of aromatic nitrogens is 3. The summed E-state index contributed by atoms with van der Waals surface area (Å²) in [5.41, 5.74) is 2.30. The van der Waals surface area contributed by atoms with Crippen molar-refractivity contribution in [1.82, 2.24) is 25.2 Å². The van der Waals surface area contributed by atoms with Gasteiger partial charge in [0.25, 0.3) is 10.0 Å². The third-order valence-electron chi connectivity index (χ3n) is 2.92. The molecule has 0 aromatic carbocycles. The van der Waals surface area contributed by atoms with Gasteiger partial charge in [-0.3, -0.25) is 5.10 Å². The van der Waals surface area contributed by atoms with Gasteiger partial charge in [-0.05, 0) is 20.4 Å². The first-order valence-corrected chi connectivity index (χ1v) is 8.95. The maximum absolute atomic E-state index is 12.4. The van der Waals surface area contributed by atoms with Gasteiger partial charge in [0, 0.05) is 28.9 Å². The van der Waals surface area contributed by atoms with Crippen molar-refractivity contribution < 1.29 is 8.42 Å². The van der Waals surface area contributed by atoms with E-state index in [0.717, 1.165) is 22.9 Å². The van der Waals surface area contributed by atoms with E-state index < -0.39 is 10.0 Å². The zero-order valence-corrected chi connectivity index (χ0v) is 13.9. The van der Waals surface area contributed by atoms with Crippen LogP contribution in [0.5, 0.6) is 0 Å². The average Bonchev–Trinajstić information content (AvgIpc) is 3.01. The summed E-state index contributed by atoms with van der Waals surface area (Å²) < 4.78 is 27.3. The molecule has 0 aliphatic carbocycles. The van der Waals surface area contributed by atoms with E-state index >= 15 is 0 Å². The summed E-state index contributed by atoms with van der Waals surface area (Å²) in [6.07, 6.45) is 0. The Morgan fingerprint density at radius 3 is 2.71 bits per heavy atom. The van der Waals surface area contributed by atoms with Gasteiger partial charge in [-0.1, -0.05) is 6.92 Å². The van der Waals surface area contributed by atoms with Crippen molar-refractivity contribution in [2.45, 2.75) is 38.9 Å². The molecular formula is C12H19N5O2S2. The van der Waals surface area contributed by atoms with Crippen LogP contribution in [0.3, 0.4) is 0 Å². The van der Waals surface area contributed by atoms with Gasteiger partial charge in [-0.2, -0.15) is 5.10 Å². The second-order valence-corrected chi connectivity index (χ2v) is 7.24. The van der Waals surface area contributed by atoms with E-state index in [0.29, 0.717) is 12.1 Å². The summed E-state index contributed by atoms with van der Waals surface area (Å²) in [6, 6.07) is 0. The van der Waals surface area contributed by atoms with Crippen molar-refractivity contribution in [2.75, 3.05) is 6.54 Å². The number of aryl methyl sites for hydroxylation is 2. The number of hydrogen-bond acceptors (Lipinski definition) is 6. The molecule has 0 atom stereocenters. The molecule has 0 aliphatic heterocycles. The van der Waals surface area contributed by atoms with E-state index in [1.54, 1.807) is 0 Å². The quantitative estimate of drug-likeness (QED) is 0.705. The van der Waals surface area contributed by atoms with Crippen LogP contribution in [0, 0.1) is 13.8 Å². The Hall–Kier alpha value is -1.29. The summed E-state index contributed by atoms with van der Waals surface area (Å²) in [5, 5.41) is 12.4. The Kier molecular flexibility index (Phi) is 5.09. The SMILES string of the molecule is CCNCc1c(S(=O)(=O)NCc2nc(C)cs2)n[nH]c1C. The first-order valence-electron chi connectivity index (χ1n) is 6.59. The fourth-order valence-corrected chi connectivity index (χ4v) is 3.80. The Morgan fingerprint density at radius 1 is 1.33 bits per heavy atom. The summed E-state index contributed by atoms with van der Waals surface area (Å²) in [5.74, 6) is 0. The number of hydrogen-bond donors (Lipinski definition) is 3. The lowest BCUT2D eigenvalue weighted by molar-refractivity contribution is 0.574. The predicted octanol–water partition coefficient (Wildman–Crippen LogP) is 1.07. The number of sulfonamides is 1. The zero-order valence-electron chi connectivity index (χ0n) is 12.2. The molecule has 0 fully saturated rings. The largest absolute Gasteiger partial charge is 0.313 e. The molecule has 116 valence electrons. The minimum Gasteiger partial charge on any atom is -0.313 e. The lowest BCUT2D eigenvalue weighted by atomic mass is 10.2. The highest BCUT2D eigenvalue weighted by Gasteiger charge is 2.23. The second-order valence-electron chi connectivity index (χ2n) is 4.62. The summed E-state index contributed by atoms with van der Waals surface area (Å²) in [7, 11) is -3.66. The predicted molar refractivity (Wildman–Crippen MR) is 81.6 cm³/mol. The van der Waals surface area contributed by atoms with Crippen LogP contribution in [0.4, 0.5) is 0 Å². The molecule has 21 heavy (non-hydrogen) atoms. The third kappa shape index (κ3) is 3.88. The summed E-state index contributed by atoms with van der Waals surface area (Å²) in [4.78, 5) is 4.24. The number of nitrogens with zero attached hydrogens (tertiary/aromatic N) is 2. The minimum atomic E-state index is -3.66. The van der Waals surface area contributed by atoms with Crippen LogP contribution in [0.1, 0.15) is 28.9 Å². The minimum absolute atomic E-state index is 0.0502. The lowest BCUT2D eigenvalue weighted by Gasteiger charge is -2.06. The Morgan fingerprint density at radius 2 is 2.10 bits per heavy atom. The first kappa shape index (κ1) is 16.1. The van der Waals surface area contributed by atoms with Gasteiger partial charge in [0.05, 0.1) is 6.54 Å². The normalized spacial score (nSPS) is 12.0. The van der Waals surface area contributed by atoms with E-state index in [9.17, 15) is 8.42 Å². The van der Waals surface area contributed by atoms with E-state index in [4.69, 9.17) is 0 Å². The molecule has 0 aliphatic rings. The third-order valence-corrected chi connectivity index (χ3v) is 5.26. The number of rotatable bonds is 7. The molecule has 0 saturated carbocycles. The standard InChI is InChI=1S/C12H19N5O2S2/c1-4-13-5-10-9(3)16-17-12(10)21(18,19)14-6-11-15-8(2)7-20-11/h7,13-14H,4-6H2,1-3H3,(H,16,17). The van der Waals surface area contributed by atoms with Crippen LogP contribution >= 0.6 is 11.3 Å². The molecule has 0 spiro atoms. The van der Waals surface area contributed by atoms with Crippen LogP contribution in [-0.4, -0.2) is 30.1 Å². The van der Waals surface area contributed by atoms with Gasteiger partial charge in [0.1, 0.15) is 5.01 Å². The maximum Gasteiger partial charge on any atom is 0.260 e. The smallest absolute Gasteiger partial charge is 0.260 e. The monoisotopic (exact) mass is 329 g/mol. The molecular weight excluding hydrogens is 310 g/mol. The number of H-pyrrole nitrogens is 1. The van der Waals surface area contributed by atoms with Gasteiger partial charge in [-0.15, -0.1) is 11.3 Å². The highest BCUT2D eigenvalue weighted by atomic mass is 32.2. The van der Waals surface area contributed by atoms with Crippen molar-refractivity contribution in [3.05, 3.63) is 27.3 Å². The average molecular weight is 329 g/mol. The Balaban J connectivity index is 2.15. The molecule has 0 bridgehead atoms. The van der Waals surface area contributed by atoms with Crippen LogP contribution in [-0.2, 0) is 23.1 Å². The van der Waals surface area contributed by atoms with Crippen LogP contribution in [0.2, 0.25) is 0 Å². The molecule has 0 saturated heterocycles. The fourth-order valence-electron chi connectivity index (χ4n) is 1.82. The molecule has 2 heterocycles. The number of thiazole rings is 1. The van der Waals surface area contributed by atoms with Crippen molar-refractivity contribution in [2.24, 2.45) is 0 Å². The molecule has 0 amide bonds. The summed E-state index contributed by atoms with van der Waals surface area (Å²) >= 11 is 1.43. The van der Waals surface area contributed by atoms with E-state index in [2.05, 4.69) is 25.2 Å². The fraction of sp³-hybridized carbons (Fsp3) is 0.500. The molecule has 2 aromatic heterocycles. The number of aromatic amines is 1. The maximum atomic E-state index is 12.4. The van der Waals surface area contributed by atoms with Crippen molar-refractivity contribution in [3.8, 4) is 0 Å². The van der Waals surface area contributed by atoms with Gasteiger partial charge in [0.2, 0.25) is 0 Å². The van der Waals surface area contributed by atoms with Gasteiger partial charge < -0.3 is 5.32 Å². The zero-order chi connectivity index (χ0) is 15.5. The molecule has 7 nitrogen and oxygen atoms in total. The molecule has 0 unspecified atom stereocenters. The van der Waals surface area contributed by atoms with E-state index in [1.165, 1.54) is 11.3 Å².